The SMILES string of the molecule is CCCC(=O)N=C1S/C(=C\c2ccc(OCc3cccc4ccccc34)c(OC)c2)C(O)=C1C(=O)OCC. The van der Waals surface area contributed by atoms with Crippen LogP contribution >= 0.6 is 11.8 Å². The van der Waals surface area contributed by atoms with Crippen molar-refractivity contribution in [3.63, 3.8) is 0 Å². The standard InChI is InChI=1S/C30H29NO6S/c1-4-9-26(32)31-29-27(30(34)36-5-2)28(33)25(38-29)17-19-14-15-23(24(16-19)35-3)37-18-21-12-8-11-20-10-6-7-13-22(20)21/h6-8,10-17,33H,4-5,9,18H2,1-3H3/b25-17-,31-29?. The number of thioether (sulfide) groups is 1. The Morgan fingerprint density at radius 3 is 2.58 bits per heavy atom. The molecule has 1 amide bonds. The molecule has 8 heteroatoms. The second-order valence-electron chi connectivity index (χ2n) is 8.45. The molecule has 0 fully saturated rings. The number of carbonyl (C=O) groups is 2. The summed E-state index contributed by atoms with van der Waals surface area (Å²) in [5, 5.41) is 13.2. The Morgan fingerprint density at radius 1 is 1.03 bits per heavy atom. The molecular formula is C30H29NO6S. The molecule has 7 nitrogen and oxygen atoms in total. The molecule has 196 valence electrons. The van der Waals surface area contributed by atoms with Gasteiger partial charge in [0.1, 0.15) is 23.0 Å². The van der Waals surface area contributed by atoms with E-state index in [1.807, 2.05) is 37.3 Å². The fourth-order valence-electron chi connectivity index (χ4n) is 3.99. The van der Waals surface area contributed by atoms with Crippen LogP contribution in [0.15, 0.2) is 81.9 Å². The van der Waals surface area contributed by atoms with Gasteiger partial charge in [-0.05, 0) is 53.5 Å². The second kappa shape index (κ2) is 12.5. The molecule has 0 aliphatic carbocycles. The summed E-state index contributed by atoms with van der Waals surface area (Å²) in [6.07, 6.45) is 2.57. The molecule has 0 atom stereocenters. The van der Waals surface area contributed by atoms with Crippen molar-refractivity contribution < 1.29 is 28.9 Å². The molecule has 4 rings (SSSR count). The Balaban J connectivity index is 1.59. The maximum atomic E-state index is 12.5. The third kappa shape index (κ3) is 6.08. The number of carbonyl (C=O) groups excluding carboxylic acids is 2. The number of ether oxygens (including phenoxy) is 3. The minimum absolute atomic E-state index is 0.102. The average Bonchev–Trinajstić information content (AvgIpc) is 3.21. The Labute approximate surface area is 225 Å². The van der Waals surface area contributed by atoms with Crippen LogP contribution in [0.1, 0.15) is 37.8 Å². The van der Waals surface area contributed by atoms with Crippen molar-refractivity contribution in [2.45, 2.75) is 33.3 Å². The summed E-state index contributed by atoms with van der Waals surface area (Å²) in [4.78, 5) is 29.1. The summed E-state index contributed by atoms with van der Waals surface area (Å²) in [5.74, 6) is -0.268. The van der Waals surface area contributed by atoms with Gasteiger partial charge in [0, 0.05) is 6.42 Å². The number of methoxy groups -OCH3 is 1. The van der Waals surface area contributed by atoms with Crippen molar-refractivity contribution in [2.24, 2.45) is 4.99 Å². The highest BCUT2D eigenvalue weighted by Crippen LogP contribution is 2.40. The zero-order chi connectivity index (χ0) is 27.1. The second-order valence-corrected chi connectivity index (χ2v) is 9.48. The summed E-state index contributed by atoms with van der Waals surface area (Å²) in [7, 11) is 1.56. The van der Waals surface area contributed by atoms with Crippen LogP contribution in [-0.4, -0.2) is 35.7 Å². The van der Waals surface area contributed by atoms with Crippen LogP contribution in [-0.2, 0) is 20.9 Å². The van der Waals surface area contributed by atoms with Gasteiger partial charge >= 0.3 is 5.97 Å². The summed E-state index contributed by atoms with van der Waals surface area (Å²) < 4.78 is 16.8. The first-order chi connectivity index (χ1) is 18.4. The number of esters is 1. The maximum Gasteiger partial charge on any atom is 0.344 e. The normalized spacial score (nSPS) is 15.3. The van der Waals surface area contributed by atoms with Crippen LogP contribution in [0, 0.1) is 0 Å². The van der Waals surface area contributed by atoms with Gasteiger partial charge in [0.25, 0.3) is 0 Å². The minimum Gasteiger partial charge on any atom is -0.506 e. The van der Waals surface area contributed by atoms with Crippen LogP contribution in [0.5, 0.6) is 11.5 Å². The Bertz CT molecular complexity index is 1450. The fourth-order valence-corrected chi connectivity index (χ4v) is 5.02. The molecule has 0 saturated heterocycles. The molecule has 0 radical (unpaired) electrons. The first-order valence-electron chi connectivity index (χ1n) is 12.3. The van der Waals surface area contributed by atoms with Gasteiger partial charge in [-0.25, -0.2) is 9.79 Å². The van der Waals surface area contributed by atoms with E-state index in [0.717, 1.165) is 28.1 Å². The molecule has 0 saturated carbocycles. The van der Waals surface area contributed by atoms with Crippen LogP contribution < -0.4 is 9.47 Å². The van der Waals surface area contributed by atoms with Crippen molar-refractivity contribution in [3.05, 3.63) is 88.0 Å². The number of rotatable bonds is 9. The molecule has 3 aromatic rings. The van der Waals surface area contributed by atoms with E-state index in [1.54, 1.807) is 32.2 Å². The Morgan fingerprint density at radius 2 is 1.82 bits per heavy atom. The van der Waals surface area contributed by atoms with Gasteiger partial charge in [-0.3, -0.25) is 4.79 Å². The van der Waals surface area contributed by atoms with E-state index in [0.29, 0.717) is 35.0 Å². The smallest absolute Gasteiger partial charge is 0.344 e. The fraction of sp³-hybridized carbons (Fsp3) is 0.233. The van der Waals surface area contributed by atoms with Gasteiger partial charge < -0.3 is 19.3 Å². The maximum absolute atomic E-state index is 12.5. The van der Waals surface area contributed by atoms with Gasteiger partial charge in [-0.15, -0.1) is 0 Å². The number of aliphatic hydroxyl groups excluding tert-OH is 1. The lowest BCUT2D eigenvalue weighted by Crippen LogP contribution is -2.14. The molecule has 1 aliphatic rings. The zero-order valence-corrected chi connectivity index (χ0v) is 22.3. The minimum atomic E-state index is -0.723. The van der Waals surface area contributed by atoms with E-state index >= 15 is 0 Å². The summed E-state index contributed by atoms with van der Waals surface area (Å²) in [5.41, 5.74) is 1.66. The van der Waals surface area contributed by atoms with Crippen molar-refractivity contribution in [3.8, 4) is 11.5 Å². The topological polar surface area (TPSA) is 94.4 Å². The molecule has 1 heterocycles. The number of fused-ring (bicyclic) bond motifs is 1. The molecule has 0 bridgehead atoms. The van der Waals surface area contributed by atoms with Gasteiger partial charge in [0.2, 0.25) is 5.91 Å². The zero-order valence-electron chi connectivity index (χ0n) is 21.5. The van der Waals surface area contributed by atoms with Crippen LogP contribution in [0.4, 0.5) is 0 Å². The average molecular weight is 532 g/mol. The summed E-state index contributed by atoms with van der Waals surface area (Å²) >= 11 is 1.05. The Kier molecular flexibility index (Phi) is 8.86. The van der Waals surface area contributed by atoms with E-state index in [9.17, 15) is 14.7 Å². The van der Waals surface area contributed by atoms with Crippen molar-refractivity contribution in [2.75, 3.05) is 13.7 Å². The van der Waals surface area contributed by atoms with E-state index in [-0.39, 0.29) is 35.3 Å². The highest BCUT2D eigenvalue weighted by molar-refractivity contribution is 8.18. The largest absolute Gasteiger partial charge is 0.506 e. The van der Waals surface area contributed by atoms with Gasteiger partial charge in [0.05, 0.1) is 18.6 Å². The number of aliphatic hydroxyl groups is 1. The molecule has 0 unspecified atom stereocenters. The molecule has 0 spiro atoms. The lowest BCUT2D eigenvalue weighted by Gasteiger charge is -2.13. The lowest BCUT2D eigenvalue weighted by atomic mass is 10.1. The first kappa shape index (κ1) is 27.0. The number of hydrogen-bond acceptors (Lipinski definition) is 7. The predicted molar refractivity (Wildman–Crippen MR) is 150 cm³/mol. The predicted octanol–water partition coefficient (Wildman–Crippen LogP) is 6.62. The van der Waals surface area contributed by atoms with Crippen LogP contribution in [0.3, 0.4) is 0 Å². The summed E-state index contributed by atoms with van der Waals surface area (Å²) in [6, 6.07) is 19.6. The highest BCUT2D eigenvalue weighted by atomic mass is 32.2. The monoisotopic (exact) mass is 531 g/mol. The number of benzene rings is 3. The molecule has 0 aromatic heterocycles. The number of amides is 1. The quantitative estimate of drug-likeness (QED) is 0.310. The van der Waals surface area contributed by atoms with E-state index < -0.39 is 5.97 Å². The molecule has 38 heavy (non-hydrogen) atoms. The lowest BCUT2D eigenvalue weighted by molar-refractivity contribution is -0.138. The molecular weight excluding hydrogens is 502 g/mol. The van der Waals surface area contributed by atoms with E-state index in [1.165, 1.54) is 0 Å². The van der Waals surface area contributed by atoms with Crippen LogP contribution in [0.25, 0.3) is 16.8 Å². The summed E-state index contributed by atoms with van der Waals surface area (Å²) in [6.45, 7) is 4.04. The number of aliphatic imine (C=N–C) groups is 1. The van der Waals surface area contributed by atoms with Gasteiger partial charge in [-0.2, -0.15) is 0 Å². The van der Waals surface area contributed by atoms with E-state index in [2.05, 4.69) is 23.2 Å². The van der Waals surface area contributed by atoms with Gasteiger partial charge in [-0.1, -0.05) is 67.2 Å². The van der Waals surface area contributed by atoms with Crippen molar-refractivity contribution >= 4 is 45.5 Å². The number of nitrogens with zero attached hydrogens (tertiary/aromatic N) is 1. The molecule has 1 aliphatic heterocycles. The van der Waals surface area contributed by atoms with Crippen LogP contribution in [0.2, 0.25) is 0 Å². The Hall–Kier alpha value is -4.04. The third-order valence-electron chi connectivity index (χ3n) is 5.81. The van der Waals surface area contributed by atoms with Gasteiger partial charge in [0.15, 0.2) is 11.5 Å². The first-order valence-corrected chi connectivity index (χ1v) is 13.2. The molecule has 1 N–H and O–H groups in total. The third-order valence-corrected chi connectivity index (χ3v) is 6.83. The highest BCUT2D eigenvalue weighted by Gasteiger charge is 2.33. The number of hydrogen-bond donors (Lipinski definition) is 1. The van der Waals surface area contributed by atoms with Crippen molar-refractivity contribution in [1.82, 2.24) is 0 Å². The van der Waals surface area contributed by atoms with Crippen molar-refractivity contribution in [1.29, 1.82) is 0 Å². The molecule has 3 aromatic carbocycles. The van der Waals surface area contributed by atoms with E-state index in [4.69, 9.17) is 14.2 Å².